The van der Waals surface area contributed by atoms with Crippen molar-refractivity contribution in [2.24, 2.45) is 4.99 Å². The van der Waals surface area contributed by atoms with Crippen molar-refractivity contribution in [1.82, 2.24) is 20.4 Å². The second-order valence-corrected chi connectivity index (χ2v) is 4.46. The third kappa shape index (κ3) is 5.41. The lowest BCUT2D eigenvalue weighted by atomic mass is 10.1. The molecule has 0 amide bonds. The highest BCUT2D eigenvalue weighted by Crippen LogP contribution is 2.10. The van der Waals surface area contributed by atoms with E-state index in [0.717, 1.165) is 6.54 Å². The first-order valence-corrected chi connectivity index (χ1v) is 6.75. The molecule has 5 nitrogen and oxygen atoms in total. The Hall–Kier alpha value is -2.01. The Morgan fingerprint density at radius 2 is 2.05 bits per heavy atom. The predicted octanol–water partition coefficient (Wildman–Crippen LogP) is 1.85. The first-order valence-electron chi connectivity index (χ1n) is 6.75. The SMILES string of the molecule is C#CCNC(=NC)NCc1ccccc1Cn1cccn1.I. The monoisotopic (exact) mass is 409 g/mol. The number of nitrogens with one attached hydrogen (secondary N) is 2. The summed E-state index contributed by atoms with van der Waals surface area (Å²) in [4.78, 5) is 4.13. The number of hydrogen-bond acceptors (Lipinski definition) is 2. The Morgan fingerprint density at radius 1 is 1.27 bits per heavy atom. The van der Waals surface area contributed by atoms with Gasteiger partial charge in [0, 0.05) is 26.0 Å². The predicted molar refractivity (Wildman–Crippen MR) is 100 cm³/mol. The average molecular weight is 409 g/mol. The third-order valence-corrected chi connectivity index (χ3v) is 3.04. The third-order valence-electron chi connectivity index (χ3n) is 3.04. The summed E-state index contributed by atoms with van der Waals surface area (Å²) >= 11 is 0. The van der Waals surface area contributed by atoms with Crippen LogP contribution in [-0.4, -0.2) is 29.3 Å². The molecule has 0 atom stereocenters. The number of aliphatic imine (C=N–C) groups is 1. The van der Waals surface area contributed by atoms with Crippen LogP contribution in [0.15, 0.2) is 47.7 Å². The van der Waals surface area contributed by atoms with Crippen molar-refractivity contribution in [3.63, 3.8) is 0 Å². The van der Waals surface area contributed by atoms with Gasteiger partial charge in [0.2, 0.25) is 0 Å². The van der Waals surface area contributed by atoms with E-state index in [9.17, 15) is 0 Å². The number of aromatic nitrogens is 2. The van der Waals surface area contributed by atoms with E-state index < -0.39 is 0 Å². The summed E-state index contributed by atoms with van der Waals surface area (Å²) in [5.41, 5.74) is 2.43. The molecule has 0 aliphatic rings. The van der Waals surface area contributed by atoms with E-state index in [1.807, 2.05) is 29.1 Å². The Labute approximate surface area is 148 Å². The molecular weight excluding hydrogens is 389 g/mol. The van der Waals surface area contributed by atoms with Crippen molar-refractivity contribution in [3.05, 3.63) is 53.9 Å². The maximum Gasteiger partial charge on any atom is 0.192 e. The maximum atomic E-state index is 5.23. The molecule has 0 saturated heterocycles. The summed E-state index contributed by atoms with van der Waals surface area (Å²) in [5.74, 6) is 3.22. The van der Waals surface area contributed by atoms with Gasteiger partial charge in [-0.25, -0.2) is 0 Å². The molecule has 0 saturated carbocycles. The first-order chi connectivity index (χ1) is 10.3. The van der Waals surface area contributed by atoms with Crippen molar-refractivity contribution >= 4 is 29.9 Å². The Balaban J connectivity index is 0.00000242. The van der Waals surface area contributed by atoms with Crippen molar-refractivity contribution < 1.29 is 0 Å². The molecule has 0 aliphatic heterocycles. The van der Waals surface area contributed by atoms with Crippen LogP contribution in [0.1, 0.15) is 11.1 Å². The molecule has 0 radical (unpaired) electrons. The molecule has 0 fully saturated rings. The number of guanidine groups is 1. The fourth-order valence-corrected chi connectivity index (χ4v) is 1.99. The zero-order chi connectivity index (χ0) is 14.9. The average Bonchev–Trinajstić information content (AvgIpc) is 3.02. The largest absolute Gasteiger partial charge is 0.352 e. The van der Waals surface area contributed by atoms with Gasteiger partial charge in [0.15, 0.2) is 5.96 Å². The summed E-state index contributed by atoms with van der Waals surface area (Å²) < 4.78 is 1.91. The van der Waals surface area contributed by atoms with Crippen LogP contribution >= 0.6 is 24.0 Å². The molecule has 6 heteroatoms. The summed E-state index contributed by atoms with van der Waals surface area (Å²) in [6.07, 6.45) is 8.97. The molecule has 0 unspecified atom stereocenters. The minimum atomic E-state index is 0. The van der Waals surface area contributed by atoms with Crippen LogP contribution in [0.5, 0.6) is 0 Å². The number of nitrogens with zero attached hydrogens (tertiary/aromatic N) is 3. The zero-order valence-electron chi connectivity index (χ0n) is 12.5. The van der Waals surface area contributed by atoms with Gasteiger partial charge >= 0.3 is 0 Å². The van der Waals surface area contributed by atoms with Crippen LogP contribution in [0, 0.1) is 12.3 Å². The van der Waals surface area contributed by atoms with E-state index in [0.29, 0.717) is 19.0 Å². The van der Waals surface area contributed by atoms with E-state index in [1.54, 1.807) is 13.2 Å². The van der Waals surface area contributed by atoms with E-state index in [-0.39, 0.29) is 24.0 Å². The molecule has 0 spiro atoms. The Bertz CT molecular complexity index is 628. The molecule has 2 aromatic rings. The summed E-state index contributed by atoms with van der Waals surface area (Å²) in [6, 6.07) is 10.2. The Kier molecular flexibility index (Phi) is 8.07. The van der Waals surface area contributed by atoms with Crippen LogP contribution in [0.25, 0.3) is 0 Å². The van der Waals surface area contributed by atoms with Crippen molar-refractivity contribution in [2.45, 2.75) is 13.1 Å². The van der Waals surface area contributed by atoms with Gasteiger partial charge in [-0.1, -0.05) is 30.2 Å². The van der Waals surface area contributed by atoms with Crippen LogP contribution in [0.3, 0.4) is 0 Å². The van der Waals surface area contributed by atoms with Crippen molar-refractivity contribution in [3.8, 4) is 12.3 Å². The number of halogens is 1. The standard InChI is InChI=1S/C16H19N5.HI/c1-3-9-18-16(17-2)19-12-14-7-4-5-8-15(14)13-21-11-6-10-20-21;/h1,4-8,10-11H,9,12-13H2,2H3,(H2,17,18,19);1H. The molecule has 1 heterocycles. The van der Waals surface area contributed by atoms with Gasteiger partial charge in [-0.15, -0.1) is 30.4 Å². The zero-order valence-corrected chi connectivity index (χ0v) is 14.8. The maximum absolute atomic E-state index is 5.23. The second-order valence-electron chi connectivity index (χ2n) is 4.46. The van der Waals surface area contributed by atoms with Crippen LogP contribution < -0.4 is 10.6 Å². The lowest BCUT2D eigenvalue weighted by Crippen LogP contribution is -2.37. The molecule has 2 rings (SSSR count). The van der Waals surface area contributed by atoms with Crippen LogP contribution in [0.2, 0.25) is 0 Å². The number of terminal acetylenes is 1. The molecule has 22 heavy (non-hydrogen) atoms. The minimum absolute atomic E-state index is 0. The van der Waals surface area contributed by atoms with Crippen LogP contribution in [0.4, 0.5) is 0 Å². The van der Waals surface area contributed by atoms with Gasteiger partial charge in [0.05, 0.1) is 13.1 Å². The highest BCUT2D eigenvalue weighted by atomic mass is 127. The molecule has 116 valence electrons. The van der Waals surface area contributed by atoms with E-state index in [1.165, 1.54) is 11.1 Å². The molecule has 0 bridgehead atoms. The van der Waals surface area contributed by atoms with Gasteiger partial charge in [-0.3, -0.25) is 9.67 Å². The van der Waals surface area contributed by atoms with Gasteiger partial charge in [0.25, 0.3) is 0 Å². The lowest BCUT2D eigenvalue weighted by molar-refractivity contribution is 0.678. The van der Waals surface area contributed by atoms with Crippen molar-refractivity contribution in [2.75, 3.05) is 13.6 Å². The lowest BCUT2D eigenvalue weighted by Gasteiger charge is -2.13. The Morgan fingerprint density at radius 3 is 2.68 bits per heavy atom. The topological polar surface area (TPSA) is 54.2 Å². The first kappa shape index (κ1) is 18.0. The highest BCUT2D eigenvalue weighted by molar-refractivity contribution is 14.0. The van der Waals surface area contributed by atoms with Crippen LogP contribution in [-0.2, 0) is 13.1 Å². The van der Waals surface area contributed by atoms with Crippen molar-refractivity contribution in [1.29, 1.82) is 0 Å². The van der Waals surface area contributed by atoms with Gasteiger partial charge in [0.1, 0.15) is 0 Å². The molecule has 1 aromatic carbocycles. The fourth-order valence-electron chi connectivity index (χ4n) is 1.99. The fraction of sp³-hybridized carbons (Fsp3) is 0.250. The van der Waals surface area contributed by atoms with Gasteiger partial charge in [-0.05, 0) is 17.2 Å². The van der Waals surface area contributed by atoms with E-state index in [2.05, 4.69) is 38.8 Å². The number of hydrogen-bond donors (Lipinski definition) is 2. The normalized spacial score (nSPS) is 10.5. The summed E-state index contributed by atoms with van der Waals surface area (Å²) in [5, 5.41) is 10.5. The summed E-state index contributed by atoms with van der Waals surface area (Å²) in [6.45, 7) is 1.89. The molecule has 1 aromatic heterocycles. The number of benzene rings is 1. The molecule has 2 N–H and O–H groups in total. The minimum Gasteiger partial charge on any atom is -0.352 e. The second kappa shape index (κ2) is 9.84. The number of rotatable bonds is 5. The highest BCUT2D eigenvalue weighted by Gasteiger charge is 2.04. The van der Waals surface area contributed by atoms with E-state index in [4.69, 9.17) is 6.42 Å². The van der Waals surface area contributed by atoms with Gasteiger partial charge in [-0.2, -0.15) is 5.10 Å². The quantitative estimate of drug-likeness (QED) is 0.343. The molecule has 0 aliphatic carbocycles. The van der Waals surface area contributed by atoms with E-state index >= 15 is 0 Å². The van der Waals surface area contributed by atoms with Gasteiger partial charge < -0.3 is 10.6 Å². The summed E-state index contributed by atoms with van der Waals surface area (Å²) in [7, 11) is 1.72. The molecular formula is C16H20IN5. The smallest absolute Gasteiger partial charge is 0.192 e.